The van der Waals surface area contributed by atoms with Crippen LogP contribution in [0.2, 0.25) is 0 Å². The molecule has 3 aromatic rings. The molecule has 0 atom stereocenters. The topological polar surface area (TPSA) is 64.0 Å². The Morgan fingerprint density at radius 2 is 1.87 bits per heavy atom. The summed E-state index contributed by atoms with van der Waals surface area (Å²) in [4.78, 5) is 32.3. The maximum Gasteiger partial charge on any atom is 0.262 e. The van der Waals surface area contributed by atoms with E-state index >= 15 is 0 Å². The van der Waals surface area contributed by atoms with Crippen molar-refractivity contribution in [3.8, 4) is 0 Å². The fourth-order valence-corrected chi connectivity index (χ4v) is 6.38. The molecule has 1 amide bonds. The van der Waals surface area contributed by atoms with Crippen LogP contribution in [0.1, 0.15) is 66.9 Å². The van der Waals surface area contributed by atoms with Gasteiger partial charge < -0.3 is 5.32 Å². The Bertz CT molecular complexity index is 1130. The molecule has 2 heterocycles. The van der Waals surface area contributed by atoms with E-state index in [1.54, 1.807) is 22.2 Å². The van der Waals surface area contributed by atoms with Crippen LogP contribution >= 0.6 is 11.3 Å². The molecule has 31 heavy (non-hydrogen) atoms. The molecular weight excluding hydrogens is 406 g/mol. The molecule has 1 aromatic carbocycles. The summed E-state index contributed by atoms with van der Waals surface area (Å²) in [7, 11) is 0. The van der Waals surface area contributed by atoms with Crippen molar-refractivity contribution < 1.29 is 4.79 Å². The Labute approximate surface area is 186 Å². The zero-order chi connectivity index (χ0) is 21.2. The fourth-order valence-electron chi connectivity index (χ4n) is 5.16. The second-order valence-electron chi connectivity index (χ2n) is 8.91. The summed E-state index contributed by atoms with van der Waals surface area (Å²) < 4.78 is 1.62. The van der Waals surface area contributed by atoms with Gasteiger partial charge in [0.15, 0.2) is 0 Å². The van der Waals surface area contributed by atoms with Crippen molar-refractivity contribution in [2.45, 2.75) is 76.3 Å². The molecule has 1 N–H and O–H groups in total. The van der Waals surface area contributed by atoms with Crippen LogP contribution in [0.4, 0.5) is 0 Å². The van der Waals surface area contributed by atoms with Crippen molar-refractivity contribution in [2.24, 2.45) is 0 Å². The van der Waals surface area contributed by atoms with E-state index in [1.807, 2.05) is 0 Å². The highest BCUT2D eigenvalue weighted by Gasteiger charge is 2.24. The third kappa shape index (κ3) is 4.31. The first-order chi connectivity index (χ1) is 15.2. The van der Waals surface area contributed by atoms with Gasteiger partial charge in [0, 0.05) is 23.9 Å². The third-order valence-electron chi connectivity index (χ3n) is 6.88. The van der Waals surface area contributed by atoms with Gasteiger partial charge in [-0.05, 0) is 68.4 Å². The van der Waals surface area contributed by atoms with E-state index in [1.165, 1.54) is 22.4 Å². The molecule has 2 aliphatic carbocycles. The highest BCUT2D eigenvalue weighted by Crippen LogP contribution is 2.34. The molecule has 6 heteroatoms. The second-order valence-corrected chi connectivity index (χ2v) is 9.99. The molecular formula is C25H29N3O2S. The first kappa shape index (κ1) is 20.4. The van der Waals surface area contributed by atoms with E-state index in [2.05, 4.69) is 40.6 Å². The zero-order valence-electron chi connectivity index (χ0n) is 17.8. The second kappa shape index (κ2) is 8.95. The number of carbonyl (C=O) groups is 1. The lowest BCUT2D eigenvalue weighted by Gasteiger charge is -2.29. The summed E-state index contributed by atoms with van der Waals surface area (Å²) in [6.07, 6.45) is 10.6. The number of hydrogen-bond acceptors (Lipinski definition) is 4. The lowest BCUT2D eigenvalue weighted by Crippen LogP contribution is -2.38. The van der Waals surface area contributed by atoms with Gasteiger partial charge in [0.2, 0.25) is 5.91 Å². The summed E-state index contributed by atoms with van der Waals surface area (Å²) in [5.41, 5.74) is 2.63. The van der Waals surface area contributed by atoms with Crippen LogP contribution in [0.15, 0.2) is 41.5 Å². The summed E-state index contributed by atoms with van der Waals surface area (Å²) in [6, 6.07) is 10.9. The predicted octanol–water partition coefficient (Wildman–Crippen LogP) is 4.57. The molecule has 0 radical (unpaired) electrons. The number of hydrogen-bond donors (Lipinski definition) is 1. The Morgan fingerprint density at radius 1 is 1.10 bits per heavy atom. The van der Waals surface area contributed by atoms with Crippen LogP contribution in [-0.4, -0.2) is 21.5 Å². The van der Waals surface area contributed by atoms with Crippen LogP contribution < -0.4 is 10.9 Å². The molecule has 0 spiro atoms. The molecule has 0 aliphatic heterocycles. The van der Waals surface area contributed by atoms with Gasteiger partial charge >= 0.3 is 0 Å². The maximum atomic E-state index is 13.0. The minimum absolute atomic E-state index is 0.0144. The molecule has 1 saturated carbocycles. The number of rotatable bonds is 5. The predicted molar refractivity (Wildman–Crippen MR) is 125 cm³/mol. The van der Waals surface area contributed by atoms with Gasteiger partial charge in [0.25, 0.3) is 5.56 Å². The smallest absolute Gasteiger partial charge is 0.262 e. The maximum absolute atomic E-state index is 13.0. The monoisotopic (exact) mass is 435 g/mol. The molecule has 1 fully saturated rings. The summed E-state index contributed by atoms with van der Waals surface area (Å²) in [6.45, 7) is 0.386. The minimum atomic E-state index is 0.0144. The fraction of sp³-hybridized carbons (Fsp3) is 0.480. The molecule has 0 unspecified atom stereocenters. The number of aryl methyl sites for hydroxylation is 3. The number of aromatic nitrogens is 2. The summed E-state index contributed by atoms with van der Waals surface area (Å²) >= 11 is 1.67. The Balaban J connectivity index is 1.17. The van der Waals surface area contributed by atoms with Crippen molar-refractivity contribution in [1.29, 1.82) is 0 Å². The molecule has 5 rings (SSSR count). The molecule has 5 nitrogen and oxygen atoms in total. The first-order valence-electron chi connectivity index (χ1n) is 11.5. The van der Waals surface area contributed by atoms with Gasteiger partial charge in [-0.15, -0.1) is 11.3 Å². The normalized spacial score (nSPS) is 21.0. The first-order valence-corrected chi connectivity index (χ1v) is 12.3. The highest BCUT2D eigenvalue weighted by atomic mass is 32.1. The van der Waals surface area contributed by atoms with E-state index in [0.717, 1.165) is 55.2 Å². The zero-order valence-corrected chi connectivity index (χ0v) is 18.6. The number of carbonyl (C=O) groups excluding carboxylic acids is 1. The van der Waals surface area contributed by atoms with Gasteiger partial charge in [-0.25, -0.2) is 4.98 Å². The molecule has 0 saturated heterocycles. The summed E-state index contributed by atoms with van der Waals surface area (Å²) in [5.74, 6) is 0.629. The van der Waals surface area contributed by atoms with Crippen LogP contribution in [0, 0.1) is 0 Å². The highest BCUT2D eigenvalue weighted by molar-refractivity contribution is 7.18. The van der Waals surface area contributed by atoms with Crippen molar-refractivity contribution in [1.82, 2.24) is 14.9 Å². The third-order valence-corrected chi connectivity index (χ3v) is 8.08. The van der Waals surface area contributed by atoms with Gasteiger partial charge in [-0.3, -0.25) is 14.2 Å². The van der Waals surface area contributed by atoms with E-state index < -0.39 is 0 Å². The number of nitrogens with one attached hydrogen (secondary N) is 1. The minimum Gasteiger partial charge on any atom is -0.353 e. The Kier molecular flexibility index (Phi) is 5.90. The van der Waals surface area contributed by atoms with E-state index in [9.17, 15) is 9.59 Å². The number of benzene rings is 1. The average molecular weight is 436 g/mol. The van der Waals surface area contributed by atoms with Gasteiger partial charge in [0.1, 0.15) is 4.83 Å². The largest absolute Gasteiger partial charge is 0.353 e. The van der Waals surface area contributed by atoms with Gasteiger partial charge in [-0.1, -0.05) is 30.3 Å². The number of thiophene rings is 1. The SMILES string of the molecule is O=C(CCn1cnc2sc3c(c2c1=O)CCCC3)NC1CCC(c2ccccc2)CC1. The lowest BCUT2D eigenvalue weighted by molar-refractivity contribution is -0.122. The average Bonchev–Trinajstić information content (AvgIpc) is 3.19. The van der Waals surface area contributed by atoms with Crippen molar-refractivity contribution in [3.05, 3.63) is 63.0 Å². The standard InChI is InChI=1S/C25H29N3O2S/c29-22(27-19-12-10-18(11-13-19)17-6-2-1-3-7-17)14-15-28-16-26-24-23(25(28)30)20-8-4-5-9-21(20)31-24/h1-3,6-7,16,18-19H,4-5,8-15H2,(H,27,29). The number of fused-ring (bicyclic) bond motifs is 3. The van der Waals surface area contributed by atoms with Crippen molar-refractivity contribution in [3.63, 3.8) is 0 Å². The van der Waals surface area contributed by atoms with E-state index in [4.69, 9.17) is 0 Å². The Hall–Kier alpha value is -2.47. The van der Waals surface area contributed by atoms with Crippen LogP contribution in [0.5, 0.6) is 0 Å². The summed E-state index contributed by atoms with van der Waals surface area (Å²) in [5, 5.41) is 3.98. The number of amides is 1. The number of nitrogens with zero attached hydrogens (tertiary/aromatic N) is 2. The van der Waals surface area contributed by atoms with Crippen LogP contribution in [-0.2, 0) is 24.2 Å². The molecule has 0 bridgehead atoms. The Morgan fingerprint density at radius 3 is 2.68 bits per heavy atom. The van der Waals surface area contributed by atoms with Gasteiger partial charge in [-0.2, -0.15) is 0 Å². The quantitative estimate of drug-likeness (QED) is 0.639. The molecule has 162 valence electrons. The molecule has 2 aliphatic rings. The van der Waals surface area contributed by atoms with Crippen LogP contribution in [0.25, 0.3) is 10.2 Å². The van der Waals surface area contributed by atoms with Gasteiger partial charge in [0.05, 0.1) is 11.7 Å². The van der Waals surface area contributed by atoms with Crippen molar-refractivity contribution >= 4 is 27.5 Å². The van der Waals surface area contributed by atoms with E-state index in [-0.39, 0.29) is 17.5 Å². The molecule has 2 aromatic heterocycles. The lowest BCUT2D eigenvalue weighted by atomic mass is 9.82. The van der Waals surface area contributed by atoms with Crippen molar-refractivity contribution in [2.75, 3.05) is 0 Å². The van der Waals surface area contributed by atoms with E-state index in [0.29, 0.717) is 18.9 Å². The van der Waals surface area contributed by atoms with Crippen LogP contribution in [0.3, 0.4) is 0 Å².